The van der Waals surface area contributed by atoms with Gasteiger partial charge in [-0.15, -0.1) is 0 Å². The fourth-order valence-corrected chi connectivity index (χ4v) is 1.76. The summed E-state index contributed by atoms with van der Waals surface area (Å²) in [4.78, 5) is 0. The Hall–Kier alpha value is -2.11. The molecule has 1 unspecified atom stereocenters. The first-order chi connectivity index (χ1) is 8.79. The van der Waals surface area contributed by atoms with Crippen molar-refractivity contribution in [3.8, 4) is 17.2 Å². The maximum absolute atomic E-state index is 8.69. The fourth-order valence-electron chi connectivity index (χ4n) is 1.76. The van der Waals surface area contributed by atoms with Crippen LogP contribution in [0.2, 0.25) is 0 Å². The Morgan fingerprint density at radius 2 is 1.61 bits per heavy atom. The van der Waals surface area contributed by atoms with Gasteiger partial charge in [0.1, 0.15) is 0 Å². The van der Waals surface area contributed by atoms with Gasteiger partial charge >= 0.3 is 0 Å². The lowest BCUT2D eigenvalue weighted by Gasteiger charge is -2.07. The van der Waals surface area contributed by atoms with Crippen LogP contribution < -0.4 is 5.32 Å². The third kappa shape index (κ3) is 3.19. The van der Waals surface area contributed by atoms with Crippen molar-refractivity contribution in [2.45, 2.75) is 19.5 Å². The third-order valence-electron chi connectivity index (χ3n) is 2.87. The van der Waals surface area contributed by atoms with Gasteiger partial charge in [-0.25, -0.2) is 0 Å². The number of hydrogen-bond donors (Lipinski definition) is 1. The largest absolute Gasteiger partial charge is 0.298 e. The molecule has 0 aliphatic carbocycles. The molecular formula is C16H16N2. The average molecular weight is 236 g/mol. The Kier molecular flexibility index (Phi) is 4.11. The summed E-state index contributed by atoms with van der Waals surface area (Å²) in [6, 6.07) is 20.8. The highest BCUT2D eigenvalue weighted by atomic mass is 14.9. The predicted octanol–water partition coefficient (Wildman–Crippen LogP) is 3.36. The molecule has 2 aromatic rings. The van der Waals surface area contributed by atoms with Crippen LogP contribution in [0.5, 0.6) is 0 Å². The van der Waals surface area contributed by atoms with Gasteiger partial charge in [-0.3, -0.25) is 5.32 Å². The van der Waals surface area contributed by atoms with Crippen LogP contribution in [0.15, 0.2) is 54.6 Å². The highest BCUT2D eigenvalue weighted by Crippen LogP contribution is 2.19. The van der Waals surface area contributed by atoms with Crippen molar-refractivity contribution in [3.05, 3.63) is 60.2 Å². The summed E-state index contributed by atoms with van der Waals surface area (Å²) >= 11 is 0. The minimum absolute atomic E-state index is 0.112. The first-order valence-electron chi connectivity index (χ1n) is 6.07. The van der Waals surface area contributed by atoms with Crippen LogP contribution in [-0.2, 0) is 6.54 Å². The van der Waals surface area contributed by atoms with Crippen molar-refractivity contribution in [1.82, 2.24) is 5.32 Å². The quantitative estimate of drug-likeness (QED) is 0.883. The SMILES string of the molecule is CC(C#N)NCc1ccc(-c2ccccc2)cc1. The van der Waals surface area contributed by atoms with E-state index in [0.29, 0.717) is 0 Å². The summed E-state index contributed by atoms with van der Waals surface area (Å²) < 4.78 is 0. The second-order valence-corrected chi connectivity index (χ2v) is 4.29. The third-order valence-corrected chi connectivity index (χ3v) is 2.87. The summed E-state index contributed by atoms with van der Waals surface area (Å²) in [5, 5.41) is 11.8. The number of benzene rings is 2. The van der Waals surface area contributed by atoms with Crippen molar-refractivity contribution >= 4 is 0 Å². The number of hydrogen-bond acceptors (Lipinski definition) is 2. The van der Waals surface area contributed by atoms with E-state index in [1.54, 1.807) is 0 Å². The molecule has 0 fully saturated rings. The highest BCUT2D eigenvalue weighted by molar-refractivity contribution is 5.63. The van der Waals surface area contributed by atoms with Gasteiger partial charge in [0.25, 0.3) is 0 Å². The monoisotopic (exact) mass is 236 g/mol. The summed E-state index contributed by atoms with van der Waals surface area (Å²) in [6.45, 7) is 2.59. The molecule has 2 aromatic carbocycles. The second-order valence-electron chi connectivity index (χ2n) is 4.29. The van der Waals surface area contributed by atoms with Crippen molar-refractivity contribution < 1.29 is 0 Å². The molecule has 90 valence electrons. The van der Waals surface area contributed by atoms with E-state index in [1.165, 1.54) is 16.7 Å². The first kappa shape index (κ1) is 12.3. The van der Waals surface area contributed by atoms with Crippen molar-refractivity contribution in [2.24, 2.45) is 0 Å². The number of nitriles is 1. The summed E-state index contributed by atoms with van der Waals surface area (Å²) in [6.07, 6.45) is 0. The van der Waals surface area contributed by atoms with Crippen LogP contribution in [0, 0.1) is 11.3 Å². The zero-order valence-electron chi connectivity index (χ0n) is 10.4. The predicted molar refractivity (Wildman–Crippen MR) is 73.8 cm³/mol. The van der Waals surface area contributed by atoms with E-state index in [2.05, 4.69) is 47.8 Å². The zero-order valence-corrected chi connectivity index (χ0v) is 10.4. The molecule has 1 N–H and O–H groups in total. The van der Waals surface area contributed by atoms with Crippen LogP contribution in [0.1, 0.15) is 12.5 Å². The molecule has 0 radical (unpaired) electrons. The van der Waals surface area contributed by atoms with Crippen LogP contribution >= 0.6 is 0 Å². The smallest absolute Gasteiger partial charge is 0.0927 e. The lowest BCUT2D eigenvalue weighted by molar-refractivity contribution is 0.642. The van der Waals surface area contributed by atoms with E-state index in [-0.39, 0.29) is 6.04 Å². The second kappa shape index (κ2) is 6.00. The van der Waals surface area contributed by atoms with E-state index >= 15 is 0 Å². The number of rotatable bonds is 4. The van der Waals surface area contributed by atoms with Crippen molar-refractivity contribution in [1.29, 1.82) is 5.26 Å². The van der Waals surface area contributed by atoms with Gasteiger partial charge in [-0.05, 0) is 23.6 Å². The highest BCUT2D eigenvalue weighted by Gasteiger charge is 2.00. The van der Waals surface area contributed by atoms with Crippen LogP contribution in [0.25, 0.3) is 11.1 Å². The maximum atomic E-state index is 8.69. The molecule has 0 saturated carbocycles. The molecule has 0 aliphatic heterocycles. The van der Waals surface area contributed by atoms with E-state index in [1.807, 2.05) is 25.1 Å². The number of nitrogens with zero attached hydrogens (tertiary/aromatic N) is 1. The Balaban J connectivity index is 2.05. The van der Waals surface area contributed by atoms with Gasteiger partial charge in [-0.1, -0.05) is 54.6 Å². The molecule has 1 atom stereocenters. The molecular weight excluding hydrogens is 220 g/mol. The van der Waals surface area contributed by atoms with Crippen LogP contribution in [-0.4, -0.2) is 6.04 Å². The van der Waals surface area contributed by atoms with E-state index in [4.69, 9.17) is 5.26 Å². The van der Waals surface area contributed by atoms with Gasteiger partial charge in [-0.2, -0.15) is 5.26 Å². The standard InChI is InChI=1S/C16H16N2/c1-13(11-17)18-12-14-7-9-16(10-8-14)15-5-3-2-4-6-15/h2-10,13,18H,12H2,1H3. The van der Waals surface area contributed by atoms with Crippen molar-refractivity contribution in [3.63, 3.8) is 0 Å². The van der Waals surface area contributed by atoms with E-state index in [0.717, 1.165) is 6.54 Å². The Labute approximate surface area is 108 Å². The van der Waals surface area contributed by atoms with Crippen LogP contribution in [0.3, 0.4) is 0 Å². The summed E-state index contributed by atoms with van der Waals surface area (Å²) in [5.74, 6) is 0. The van der Waals surface area contributed by atoms with E-state index < -0.39 is 0 Å². The van der Waals surface area contributed by atoms with Gasteiger partial charge in [0.15, 0.2) is 0 Å². The fraction of sp³-hybridized carbons (Fsp3) is 0.188. The molecule has 0 amide bonds. The van der Waals surface area contributed by atoms with E-state index in [9.17, 15) is 0 Å². The molecule has 0 saturated heterocycles. The lowest BCUT2D eigenvalue weighted by Crippen LogP contribution is -2.23. The molecule has 0 bridgehead atoms. The number of nitrogens with one attached hydrogen (secondary N) is 1. The maximum Gasteiger partial charge on any atom is 0.0927 e. The van der Waals surface area contributed by atoms with Gasteiger partial charge in [0, 0.05) is 6.54 Å². The molecule has 0 spiro atoms. The van der Waals surface area contributed by atoms with Crippen molar-refractivity contribution in [2.75, 3.05) is 0 Å². The minimum Gasteiger partial charge on any atom is -0.298 e. The van der Waals surface area contributed by atoms with Crippen LogP contribution in [0.4, 0.5) is 0 Å². The Bertz CT molecular complexity index is 523. The molecule has 2 heteroatoms. The normalized spacial score (nSPS) is 11.8. The van der Waals surface area contributed by atoms with Gasteiger partial charge in [0.05, 0.1) is 12.1 Å². The zero-order chi connectivity index (χ0) is 12.8. The summed E-state index contributed by atoms with van der Waals surface area (Å²) in [5.41, 5.74) is 3.63. The molecule has 2 rings (SSSR count). The average Bonchev–Trinajstić information content (AvgIpc) is 2.46. The van der Waals surface area contributed by atoms with Gasteiger partial charge < -0.3 is 0 Å². The minimum atomic E-state index is -0.112. The first-order valence-corrected chi connectivity index (χ1v) is 6.07. The van der Waals surface area contributed by atoms with Gasteiger partial charge in [0.2, 0.25) is 0 Å². The molecule has 0 heterocycles. The molecule has 18 heavy (non-hydrogen) atoms. The summed E-state index contributed by atoms with van der Waals surface area (Å²) in [7, 11) is 0. The lowest BCUT2D eigenvalue weighted by atomic mass is 10.0. The Morgan fingerprint density at radius 3 is 2.22 bits per heavy atom. The molecule has 0 aliphatic rings. The molecule has 0 aromatic heterocycles. The Morgan fingerprint density at radius 1 is 1.00 bits per heavy atom. The topological polar surface area (TPSA) is 35.8 Å². The molecule has 2 nitrogen and oxygen atoms in total.